The summed E-state index contributed by atoms with van der Waals surface area (Å²) < 4.78 is 6.72. The highest BCUT2D eigenvalue weighted by Gasteiger charge is 2.27. The van der Waals surface area contributed by atoms with Crippen LogP contribution in [0.4, 0.5) is 0 Å². The molecule has 1 saturated heterocycles. The number of aromatic nitrogens is 2. The Hall–Kier alpha value is -1.36. The smallest absolute Gasteiger partial charge is 0.323 e. The summed E-state index contributed by atoms with van der Waals surface area (Å²) in [4.78, 5) is 11.2. The summed E-state index contributed by atoms with van der Waals surface area (Å²) in [7, 11) is 0. The fourth-order valence-electron chi connectivity index (χ4n) is 1.73. The molecular formula is C10H15N3O2. The van der Waals surface area contributed by atoms with E-state index in [2.05, 4.69) is 10.4 Å². The molecule has 1 aromatic heterocycles. The SMILES string of the molecule is C[C@@H](Cn1cccn1)N[C@H]1CCOC1=O. The van der Waals surface area contributed by atoms with E-state index in [4.69, 9.17) is 4.74 Å². The largest absolute Gasteiger partial charge is 0.464 e. The number of cyclic esters (lactones) is 1. The number of carbonyl (C=O) groups is 1. The van der Waals surface area contributed by atoms with E-state index >= 15 is 0 Å². The van der Waals surface area contributed by atoms with Gasteiger partial charge in [0.1, 0.15) is 6.04 Å². The predicted octanol–water partition coefficient (Wildman–Crippen LogP) is 0.177. The molecule has 2 heterocycles. The molecule has 82 valence electrons. The number of hydrogen-bond acceptors (Lipinski definition) is 4. The van der Waals surface area contributed by atoms with Crippen molar-refractivity contribution in [2.45, 2.75) is 32.0 Å². The van der Waals surface area contributed by atoms with Gasteiger partial charge in [0.05, 0.1) is 13.2 Å². The third-order valence-corrected chi connectivity index (χ3v) is 2.44. The Labute approximate surface area is 88.4 Å². The van der Waals surface area contributed by atoms with Crippen molar-refractivity contribution in [2.24, 2.45) is 0 Å². The Morgan fingerprint density at radius 1 is 1.80 bits per heavy atom. The molecule has 1 fully saturated rings. The lowest BCUT2D eigenvalue weighted by Crippen LogP contribution is -2.41. The molecular weight excluding hydrogens is 194 g/mol. The molecule has 0 aliphatic carbocycles. The monoisotopic (exact) mass is 209 g/mol. The Kier molecular flexibility index (Phi) is 3.01. The van der Waals surface area contributed by atoms with Gasteiger partial charge in [-0.25, -0.2) is 0 Å². The van der Waals surface area contributed by atoms with Crippen LogP contribution in [0.3, 0.4) is 0 Å². The maximum atomic E-state index is 11.2. The highest BCUT2D eigenvalue weighted by Crippen LogP contribution is 2.07. The minimum atomic E-state index is -0.143. The zero-order valence-electron chi connectivity index (χ0n) is 8.72. The first-order valence-corrected chi connectivity index (χ1v) is 5.16. The number of nitrogens with one attached hydrogen (secondary N) is 1. The quantitative estimate of drug-likeness (QED) is 0.718. The molecule has 0 unspecified atom stereocenters. The van der Waals surface area contributed by atoms with E-state index in [0.717, 1.165) is 13.0 Å². The van der Waals surface area contributed by atoms with E-state index in [1.54, 1.807) is 6.20 Å². The third kappa shape index (κ3) is 2.56. The summed E-state index contributed by atoms with van der Waals surface area (Å²) in [6.07, 6.45) is 4.42. The van der Waals surface area contributed by atoms with Gasteiger partial charge in [-0.1, -0.05) is 0 Å². The summed E-state index contributed by atoms with van der Waals surface area (Å²) in [6, 6.07) is 1.95. The van der Waals surface area contributed by atoms with Crippen LogP contribution >= 0.6 is 0 Å². The standard InChI is InChI=1S/C10H15N3O2/c1-8(7-13-5-2-4-11-13)12-9-3-6-15-10(9)14/h2,4-5,8-9,12H,3,6-7H2,1H3/t8-,9-/m0/s1. The first kappa shape index (κ1) is 10.2. The maximum absolute atomic E-state index is 11.2. The molecule has 1 N–H and O–H groups in total. The van der Waals surface area contributed by atoms with Gasteiger partial charge in [0.15, 0.2) is 0 Å². The lowest BCUT2D eigenvalue weighted by molar-refractivity contribution is -0.139. The Morgan fingerprint density at radius 2 is 2.67 bits per heavy atom. The van der Waals surface area contributed by atoms with Crippen LogP contribution in [-0.4, -0.2) is 34.4 Å². The number of esters is 1. The second-order valence-electron chi connectivity index (χ2n) is 3.80. The fourth-order valence-corrected chi connectivity index (χ4v) is 1.73. The number of hydrogen-bond donors (Lipinski definition) is 1. The molecule has 0 radical (unpaired) electrons. The van der Waals surface area contributed by atoms with E-state index in [0.29, 0.717) is 6.61 Å². The Morgan fingerprint density at radius 3 is 3.27 bits per heavy atom. The van der Waals surface area contributed by atoms with Crippen molar-refractivity contribution < 1.29 is 9.53 Å². The van der Waals surface area contributed by atoms with Gasteiger partial charge in [0.25, 0.3) is 0 Å². The van der Waals surface area contributed by atoms with Crippen molar-refractivity contribution in [3.05, 3.63) is 18.5 Å². The van der Waals surface area contributed by atoms with Crippen LogP contribution in [0.2, 0.25) is 0 Å². The van der Waals surface area contributed by atoms with Crippen molar-refractivity contribution in [3.63, 3.8) is 0 Å². The molecule has 1 aromatic rings. The van der Waals surface area contributed by atoms with Gasteiger partial charge in [0, 0.05) is 24.9 Å². The predicted molar refractivity (Wildman–Crippen MR) is 54.2 cm³/mol. The molecule has 1 aliphatic rings. The fraction of sp³-hybridized carbons (Fsp3) is 0.600. The Bertz CT molecular complexity index is 323. The number of carbonyl (C=O) groups excluding carboxylic acids is 1. The lowest BCUT2D eigenvalue weighted by Gasteiger charge is -2.16. The molecule has 0 saturated carbocycles. The van der Waals surface area contributed by atoms with Crippen LogP contribution < -0.4 is 5.32 Å². The molecule has 0 bridgehead atoms. The maximum Gasteiger partial charge on any atom is 0.323 e. The van der Waals surface area contributed by atoms with E-state index < -0.39 is 0 Å². The normalized spacial score (nSPS) is 22.7. The van der Waals surface area contributed by atoms with E-state index in [1.807, 2.05) is 23.9 Å². The zero-order valence-corrected chi connectivity index (χ0v) is 8.72. The second-order valence-corrected chi connectivity index (χ2v) is 3.80. The molecule has 15 heavy (non-hydrogen) atoms. The van der Waals surface area contributed by atoms with Crippen LogP contribution in [0.15, 0.2) is 18.5 Å². The minimum Gasteiger partial charge on any atom is -0.464 e. The summed E-state index contributed by atoms with van der Waals surface area (Å²) in [5.74, 6) is -0.137. The van der Waals surface area contributed by atoms with Gasteiger partial charge in [-0.2, -0.15) is 5.10 Å². The Balaban J connectivity index is 1.82. The van der Waals surface area contributed by atoms with Gasteiger partial charge < -0.3 is 4.74 Å². The molecule has 2 atom stereocenters. The van der Waals surface area contributed by atoms with Crippen molar-refractivity contribution in [1.29, 1.82) is 0 Å². The van der Waals surface area contributed by atoms with Crippen LogP contribution in [0.25, 0.3) is 0 Å². The average Bonchev–Trinajstić information content (AvgIpc) is 2.79. The second kappa shape index (κ2) is 4.44. The summed E-state index contributed by atoms with van der Waals surface area (Å²) in [5, 5.41) is 7.34. The molecule has 1 aliphatic heterocycles. The number of nitrogens with zero attached hydrogens (tertiary/aromatic N) is 2. The molecule has 0 amide bonds. The van der Waals surface area contributed by atoms with Gasteiger partial charge in [-0.15, -0.1) is 0 Å². The summed E-state index contributed by atoms with van der Waals surface area (Å²) in [6.45, 7) is 3.33. The van der Waals surface area contributed by atoms with Crippen molar-refractivity contribution in [1.82, 2.24) is 15.1 Å². The highest BCUT2D eigenvalue weighted by molar-refractivity contribution is 5.77. The first-order valence-electron chi connectivity index (χ1n) is 5.16. The van der Waals surface area contributed by atoms with Gasteiger partial charge >= 0.3 is 5.97 Å². The number of ether oxygens (including phenoxy) is 1. The lowest BCUT2D eigenvalue weighted by atomic mass is 10.2. The zero-order chi connectivity index (χ0) is 10.7. The summed E-state index contributed by atoms with van der Waals surface area (Å²) >= 11 is 0. The highest BCUT2D eigenvalue weighted by atomic mass is 16.5. The van der Waals surface area contributed by atoms with E-state index in [1.165, 1.54) is 0 Å². The van der Waals surface area contributed by atoms with E-state index in [-0.39, 0.29) is 18.1 Å². The average molecular weight is 209 g/mol. The van der Waals surface area contributed by atoms with Gasteiger partial charge in [-0.05, 0) is 13.0 Å². The topological polar surface area (TPSA) is 56.1 Å². The minimum absolute atomic E-state index is 0.137. The first-order chi connectivity index (χ1) is 7.25. The molecule has 2 rings (SSSR count). The molecule has 0 aromatic carbocycles. The number of rotatable bonds is 4. The van der Waals surface area contributed by atoms with Crippen molar-refractivity contribution in [3.8, 4) is 0 Å². The van der Waals surface area contributed by atoms with Crippen molar-refractivity contribution in [2.75, 3.05) is 6.61 Å². The molecule has 5 heteroatoms. The van der Waals surface area contributed by atoms with Crippen LogP contribution in [0.1, 0.15) is 13.3 Å². The summed E-state index contributed by atoms with van der Waals surface area (Å²) in [5.41, 5.74) is 0. The molecule has 0 spiro atoms. The van der Waals surface area contributed by atoms with E-state index in [9.17, 15) is 4.79 Å². The van der Waals surface area contributed by atoms with Gasteiger partial charge in [-0.3, -0.25) is 14.8 Å². The van der Waals surface area contributed by atoms with Crippen LogP contribution in [-0.2, 0) is 16.1 Å². The van der Waals surface area contributed by atoms with Crippen molar-refractivity contribution >= 4 is 5.97 Å². The van der Waals surface area contributed by atoms with Crippen LogP contribution in [0, 0.1) is 0 Å². The molecule has 5 nitrogen and oxygen atoms in total. The third-order valence-electron chi connectivity index (χ3n) is 2.44. The van der Waals surface area contributed by atoms with Crippen LogP contribution in [0.5, 0.6) is 0 Å². The van der Waals surface area contributed by atoms with Gasteiger partial charge in [0.2, 0.25) is 0 Å².